The molecule has 1 aliphatic rings. The monoisotopic (exact) mass is 204 g/mol. The number of carbonyl (C=O) groups excluding carboxylic acids is 1. The van der Waals surface area contributed by atoms with Gasteiger partial charge in [0.05, 0.1) is 0 Å². The van der Waals surface area contributed by atoms with Crippen LogP contribution in [0, 0.1) is 12.8 Å². The third kappa shape index (κ3) is 2.36. The Kier molecular flexibility index (Phi) is 2.73. The number of carbonyl (C=O) groups is 1. The lowest BCUT2D eigenvalue weighted by molar-refractivity contribution is -0.117. The van der Waals surface area contributed by atoms with Crippen LogP contribution in [-0.4, -0.2) is 5.91 Å². The Balaban J connectivity index is 2.08. The van der Waals surface area contributed by atoms with E-state index in [1.54, 1.807) is 0 Å². The molecule has 15 heavy (non-hydrogen) atoms. The fourth-order valence-electron chi connectivity index (χ4n) is 1.59. The average molecular weight is 204 g/mol. The van der Waals surface area contributed by atoms with Crippen LogP contribution in [0.4, 0.5) is 5.69 Å². The van der Waals surface area contributed by atoms with Gasteiger partial charge in [0.15, 0.2) is 0 Å². The van der Waals surface area contributed by atoms with Gasteiger partial charge in [0.25, 0.3) is 0 Å². The van der Waals surface area contributed by atoms with E-state index >= 15 is 0 Å². The van der Waals surface area contributed by atoms with Crippen molar-refractivity contribution in [2.24, 2.45) is 11.7 Å². The van der Waals surface area contributed by atoms with Crippen molar-refractivity contribution in [3.63, 3.8) is 0 Å². The quantitative estimate of drug-likeness (QED) is 0.788. The zero-order chi connectivity index (χ0) is 10.8. The largest absolute Gasteiger partial charge is 0.326 e. The Hall–Kier alpha value is -1.35. The molecule has 1 saturated carbocycles. The van der Waals surface area contributed by atoms with Crippen LogP contribution in [-0.2, 0) is 11.3 Å². The van der Waals surface area contributed by atoms with E-state index in [9.17, 15) is 4.79 Å². The summed E-state index contributed by atoms with van der Waals surface area (Å²) in [6, 6.07) is 5.86. The molecule has 0 atom stereocenters. The molecule has 0 bridgehead atoms. The summed E-state index contributed by atoms with van der Waals surface area (Å²) < 4.78 is 0. The van der Waals surface area contributed by atoms with E-state index in [-0.39, 0.29) is 11.8 Å². The molecule has 1 fully saturated rings. The van der Waals surface area contributed by atoms with Crippen LogP contribution in [0.3, 0.4) is 0 Å². The minimum absolute atomic E-state index is 0.148. The maximum Gasteiger partial charge on any atom is 0.227 e. The van der Waals surface area contributed by atoms with Gasteiger partial charge in [-0.1, -0.05) is 6.07 Å². The Morgan fingerprint density at radius 2 is 2.27 bits per heavy atom. The number of nitrogens with two attached hydrogens (primary N) is 1. The van der Waals surface area contributed by atoms with Gasteiger partial charge in [0.2, 0.25) is 5.91 Å². The molecular formula is C12H16N2O. The molecule has 0 aliphatic heterocycles. The SMILES string of the molecule is Cc1cc(NC(=O)C2CC2)ccc1CN. The van der Waals surface area contributed by atoms with Crippen LogP contribution in [0.1, 0.15) is 24.0 Å². The van der Waals surface area contributed by atoms with Crippen LogP contribution in [0.25, 0.3) is 0 Å². The van der Waals surface area contributed by atoms with Crippen molar-refractivity contribution in [1.29, 1.82) is 0 Å². The summed E-state index contributed by atoms with van der Waals surface area (Å²) in [7, 11) is 0. The lowest BCUT2D eigenvalue weighted by Crippen LogP contribution is -2.13. The van der Waals surface area contributed by atoms with Gasteiger partial charge in [-0.3, -0.25) is 4.79 Å². The first kappa shape index (κ1) is 10.2. The minimum atomic E-state index is 0.148. The van der Waals surface area contributed by atoms with Crippen LogP contribution >= 0.6 is 0 Å². The van der Waals surface area contributed by atoms with Gasteiger partial charge in [0, 0.05) is 18.2 Å². The highest BCUT2D eigenvalue weighted by molar-refractivity contribution is 5.94. The topological polar surface area (TPSA) is 55.1 Å². The number of aryl methyl sites for hydroxylation is 1. The van der Waals surface area contributed by atoms with Crippen molar-refractivity contribution < 1.29 is 4.79 Å². The number of benzene rings is 1. The lowest BCUT2D eigenvalue weighted by Gasteiger charge is -2.08. The van der Waals surface area contributed by atoms with E-state index in [1.807, 2.05) is 25.1 Å². The molecule has 0 aromatic heterocycles. The number of rotatable bonds is 3. The third-order valence-corrected chi connectivity index (χ3v) is 2.78. The Bertz CT molecular complexity index is 383. The molecule has 1 aliphatic carbocycles. The van der Waals surface area contributed by atoms with E-state index in [0.29, 0.717) is 6.54 Å². The number of hydrogen-bond donors (Lipinski definition) is 2. The summed E-state index contributed by atoms with van der Waals surface area (Å²) in [5, 5.41) is 2.92. The van der Waals surface area contributed by atoms with Gasteiger partial charge in [-0.25, -0.2) is 0 Å². The number of hydrogen-bond acceptors (Lipinski definition) is 2. The molecule has 3 nitrogen and oxygen atoms in total. The Morgan fingerprint density at radius 3 is 2.80 bits per heavy atom. The summed E-state index contributed by atoms with van der Waals surface area (Å²) in [6.07, 6.45) is 2.07. The van der Waals surface area contributed by atoms with Crippen molar-refractivity contribution in [3.8, 4) is 0 Å². The molecule has 0 unspecified atom stereocenters. The van der Waals surface area contributed by atoms with Crippen LogP contribution < -0.4 is 11.1 Å². The molecule has 3 N–H and O–H groups in total. The second-order valence-corrected chi connectivity index (χ2v) is 4.11. The smallest absolute Gasteiger partial charge is 0.227 e. The van der Waals surface area contributed by atoms with E-state index in [2.05, 4.69) is 5.32 Å². The predicted molar refractivity (Wildman–Crippen MR) is 60.4 cm³/mol. The highest BCUT2D eigenvalue weighted by atomic mass is 16.2. The van der Waals surface area contributed by atoms with Crippen molar-refractivity contribution in [2.45, 2.75) is 26.3 Å². The number of amides is 1. The molecule has 3 heteroatoms. The van der Waals surface area contributed by atoms with E-state index in [0.717, 1.165) is 29.7 Å². The zero-order valence-corrected chi connectivity index (χ0v) is 8.92. The van der Waals surface area contributed by atoms with E-state index < -0.39 is 0 Å². The molecule has 1 aromatic rings. The lowest BCUT2D eigenvalue weighted by atomic mass is 10.1. The van der Waals surface area contributed by atoms with Crippen LogP contribution in [0.2, 0.25) is 0 Å². The Morgan fingerprint density at radius 1 is 1.53 bits per heavy atom. The van der Waals surface area contributed by atoms with Crippen molar-refractivity contribution in [2.75, 3.05) is 5.32 Å². The molecule has 80 valence electrons. The normalized spacial score (nSPS) is 15.1. The molecular weight excluding hydrogens is 188 g/mol. The molecule has 0 radical (unpaired) electrons. The van der Waals surface area contributed by atoms with E-state index in [4.69, 9.17) is 5.73 Å². The van der Waals surface area contributed by atoms with Gasteiger partial charge < -0.3 is 11.1 Å². The highest BCUT2D eigenvalue weighted by Gasteiger charge is 2.29. The summed E-state index contributed by atoms with van der Waals surface area (Å²) in [5.41, 5.74) is 8.70. The van der Waals surface area contributed by atoms with Gasteiger partial charge in [0.1, 0.15) is 0 Å². The Labute approximate surface area is 89.7 Å². The average Bonchev–Trinajstić information content (AvgIpc) is 3.01. The first-order valence-electron chi connectivity index (χ1n) is 5.31. The molecule has 1 amide bonds. The molecule has 2 rings (SSSR count). The van der Waals surface area contributed by atoms with Crippen LogP contribution in [0.5, 0.6) is 0 Å². The second kappa shape index (κ2) is 4.03. The molecule has 1 aromatic carbocycles. The second-order valence-electron chi connectivity index (χ2n) is 4.11. The summed E-state index contributed by atoms with van der Waals surface area (Å²) in [6.45, 7) is 2.55. The van der Waals surface area contributed by atoms with Gasteiger partial charge in [-0.15, -0.1) is 0 Å². The third-order valence-electron chi connectivity index (χ3n) is 2.78. The van der Waals surface area contributed by atoms with Gasteiger partial charge >= 0.3 is 0 Å². The molecule has 0 saturated heterocycles. The fraction of sp³-hybridized carbons (Fsp3) is 0.417. The summed E-state index contributed by atoms with van der Waals surface area (Å²) in [5.74, 6) is 0.398. The van der Waals surface area contributed by atoms with Gasteiger partial charge in [-0.05, 0) is 43.0 Å². The summed E-state index contributed by atoms with van der Waals surface area (Å²) >= 11 is 0. The maximum atomic E-state index is 11.5. The maximum absolute atomic E-state index is 11.5. The van der Waals surface area contributed by atoms with Crippen molar-refractivity contribution >= 4 is 11.6 Å². The van der Waals surface area contributed by atoms with Gasteiger partial charge in [-0.2, -0.15) is 0 Å². The first-order valence-corrected chi connectivity index (χ1v) is 5.31. The standard InChI is InChI=1S/C12H16N2O/c1-8-6-11(5-4-10(8)7-13)14-12(15)9-2-3-9/h4-6,9H,2-3,7,13H2,1H3,(H,14,15). The number of anilines is 1. The van der Waals surface area contributed by atoms with E-state index in [1.165, 1.54) is 0 Å². The zero-order valence-electron chi connectivity index (χ0n) is 8.92. The number of nitrogens with one attached hydrogen (secondary N) is 1. The highest BCUT2D eigenvalue weighted by Crippen LogP contribution is 2.30. The molecule has 0 spiro atoms. The van der Waals surface area contributed by atoms with Crippen molar-refractivity contribution in [1.82, 2.24) is 0 Å². The predicted octanol–water partition coefficient (Wildman–Crippen LogP) is 1.80. The molecule has 0 heterocycles. The van der Waals surface area contributed by atoms with Crippen molar-refractivity contribution in [3.05, 3.63) is 29.3 Å². The van der Waals surface area contributed by atoms with Crippen LogP contribution in [0.15, 0.2) is 18.2 Å². The fourth-order valence-corrected chi connectivity index (χ4v) is 1.59. The first-order chi connectivity index (χ1) is 7.20. The summed E-state index contributed by atoms with van der Waals surface area (Å²) in [4.78, 5) is 11.5. The minimum Gasteiger partial charge on any atom is -0.326 e.